The molecule has 1 atom stereocenters. The summed E-state index contributed by atoms with van der Waals surface area (Å²) in [5, 5.41) is 2.72. The number of anilines is 2. The molecular formula is C34H42ClF3N6O3. The third kappa shape index (κ3) is 7.48. The topological polar surface area (TPSA) is 102 Å². The Morgan fingerprint density at radius 2 is 1.57 bits per heavy atom. The van der Waals surface area contributed by atoms with Gasteiger partial charge in [-0.3, -0.25) is 9.59 Å². The monoisotopic (exact) mass is 674 g/mol. The van der Waals surface area contributed by atoms with Crippen molar-refractivity contribution in [2.45, 2.75) is 76.2 Å². The first-order valence-corrected chi connectivity index (χ1v) is 17.0. The molecule has 0 saturated carbocycles. The van der Waals surface area contributed by atoms with Gasteiger partial charge in [0.05, 0.1) is 22.2 Å². The van der Waals surface area contributed by atoms with Crippen LogP contribution in [0.2, 0.25) is 5.02 Å². The number of rotatable bonds is 7. The Bertz CT molecular complexity index is 1480. The Hall–Kier alpha value is -3.51. The van der Waals surface area contributed by atoms with E-state index >= 15 is 0 Å². The second kappa shape index (κ2) is 13.9. The van der Waals surface area contributed by atoms with Crippen LogP contribution < -0.4 is 11.1 Å². The average Bonchev–Trinajstić information content (AvgIpc) is 3.60. The maximum Gasteiger partial charge on any atom is 0.418 e. The van der Waals surface area contributed by atoms with Crippen molar-refractivity contribution in [3.8, 4) is 0 Å². The van der Waals surface area contributed by atoms with E-state index in [9.17, 15) is 27.6 Å². The smallest absolute Gasteiger partial charge is 0.397 e. The van der Waals surface area contributed by atoms with Gasteiger partial charge in [0.1, 0.15) is 0 Å². The number of amides is 4. The summed E-state index contributed by atoms with van der Waals surface area (Å²) in [6.45, 7) is 4.58. The molecule has 2 aromatic carbocycles. The van der Waals surface area contributed by atoms with E-state index in [0.29, 0.717) is 51.6 Å². The van der Waals surface area contributed by atoms with Gasteiger partial charge in [0.2, 0.25) is 11.8 Å². The van der Waals surface area contributed by atoms with Crippen LogP contribution in [0.5, 0.6) is 0 Å². The number of likely N-dealkylation sites (tertiary alicyclic amines) is 3. The van der Waals surface area contributed by atoms with E-state index in [0.717, 1.165) is 43.2 Å². The molecule has 4 heterocycles. The van der Waals surface area contributed by atoms with Gasteiger partial charge in [0.15, 0.2) is 0 Å². The molecule has 3 fully saturated rings. The van der Waals surface area contributed by atoms with Crippen LogP contribution in [-0.2, 0) is 28.7 Å². The highest BCUT2D eigenvalue weighted by Crippen LogP contribution is 2.39. The number of nitrogens with two attached hydrogens (primary N) is 1. The lowest BCUT2D eigenvalue weighted by Crippen LogP contribution is -2.51. The first-order valence-electron chi connectivity index (χ1n) is 16.6. The maximum absolute atomic E-state index is 14.0. The third-order valence-electron chi connectivity index (χ3n) is 10.3. The van der Waals surface area contributed by atoms with Crippen molar-refractivity contribution in [1.29, 1.82) is 0 Å². The van der Waals surface area contributed by atoms with Gasteiger partial charge in [-0.2, -0.15) is 13.2 Å². The van der Waals surface area contributed by atoms with Gasteiger partial charge in [0, 0.05) is 56.9 Å². The second-order valence-corrected chi connectivity index (χ2v) is 13.7. The third-order valence-corrected chi connectivity index (χ3v) is 10.6. The summed E-state index contributed by atoms with van der Waals surface area (Å²) >= 11 is 6.13. The van der Waals surface area contributed by atoms with Crippen LogP contribution >= 0.6 is 11.6 Å². The van der Waals surface area contributed by atoms with E-state index in [1.165, 1.54) is 18.9 Å². The van der Waals surface area contributed by atoms with E-state index in [2.05, 4.69) is 10.2 Å². The minimum absolute atomic E-state index is 0.0422. The molecule has 254 valence electrons. The number of piperidine rings is 2. The molecule has 0 bridgehead atoms. The molecule has 9 nitrogen and oxygen atoms in total. The lowest BCUT2D eigenvalue weighted by Gasteiger charge is -2.41. The fourth-order valence-electron chi connectivity index (χ4n) is 7.66. The maximum atomic E-state index is 14.0. The molecule has 0 aromatic heterocycles. The number of nitrogen functional groups attached to an aromatic ring is 1. The summed E-state index contributed by atoms with van der Waals surface area (Å²) in [5.41, 5.74) is 6.12. The largest absolute Gasteiger partial charge is 0.418 e. The van der Waals surface area contributed by atoms with Crippen molar-refractivity contribution in [2.24, 2.45) is 5.92 Å². The standard InChI is InChI=1S/C34H42ClF3N6O3/c35-28-19-22(18-27(31(28)39)34(36,37)38)17-24(32(46)43-15-7-25(8-16-43)41-11-3-4-12-41)20-30(45)42-13-9-26(10-14-42)44-21-23-5-1-2-6-29(23)40-33(44)47/h1-2,5-6,18-19,24-26H,3-4,7-17,20-21,39H2,(H,40,47)/t24-/m0/s1. The van der Waals surface area contributed by atoms with E-state index in [1.807, 2.05) is 29.2 Å². The highest BCUT2D eigenvalue weighted by Gasteiger charge is 2.38. The zero-order valence-electron chi connectivity index (χ0n) is 26.4. The zero-order chi connectivity index (χ0) is 33.3. The van der Waals surface area contributed by atoms with Crippen molar-refractivity contribution in [2.75, 3.05) is 50.3 Å². The summed E-state index contributed by atoms with van der Waals surface area (Å²) in [6, 6.07) is 10.2. The van der Waals surface area contributed by atoms with Crippen molar-refractivity contribution >= 4 is 40.8 Å². The second-order valence-electron chi connectivity index (χ2n) is 13.3. The molecule has 0 aliphatic carbocycles. The summed E-state index contributed by atoms with van der Waals surface area (Å²) in [6.07, 6.45) is 0.307. The molecule has 0 spiro atoms. The number of halogens is 4. The Morgan fingerprint density at radius 1 is 0.936 bits per heavy atom. The Balaban J connectivity index is 1.13. The zero-order valence-corrected chi connectivity index (χ0v) is 27.2. The van der Waals surface area contributed by atoms with Gasteiger partial charge in [-0.15, -0.1) is 0 Å². The molecule has 13 heteroatoms. The number of hydrogen-bond acceptors (Lipinski definition) is 5. The van der Waals surface area contributed by atoms with E-state index in [4.69, 9.17) is 17.3 Å². The van der Waals surface area contributed by atoms with Crippen LogP contribution in [0.3, 0.4) is 0 Å². The predicted octanol–water partition coefficient (Wildman–Crippen LogP) is 5.62. The minimum Gasteiger partial charge on any atom is -0.397 e. The molecule has 6 rings (SSSR count). The molecule has 2 aromatic rings. The molecular weight excluding hydrogens is 633 g/mol. The number of alkyl halides is 3. The molecule has 0 unspecified atom stereocenters. The van der Waals surface area contributed by atoms with Gasteiger partial charge in [-0.1, -0.05) is 29.8 Å². The van der Waals surface area contributed by atoms with Gasteiger partial charge in [0.25, 0.3) is 0 Å². The molecule has 4 aliphatic heterocycles. The van der Waals surface area contributed by atoms with E-state index in [1.54, 1.807) is 9.80 Å². The number of carbonyl (C=O) groups excluding carboxylic acids is 3. The first kappa shape index (κ1) is 33.4. The van der Waals surface area contributed by atoms with Crippen LogP contribution in [0.1, 0.15) is 61.6 Å². The van der Waals surface area contributed by atoms with Crippen LogP contribution in [0.15, 0.2) is 36.4 Å². The van der Waals surface area contributed by atoms with Crippen molar-refractivity contribution < 1.29 is 27.6 Å². The Morgan fingerprint density at radius 3 is 2.26 bits per heavy atom. The summed E-state index contributed by atoms with van der Waals surface area (Å²) in [5.74, 6) is -1.30. The number of hydrogen-bond donors (Lipinski definition) is 2. The van der Waals surface area contributed by atoms with Gasteiger partial charge in [-0.05, 0) is 87.4 Å². The SMILES string of the molecule is Nc1c(Cl)cc(C[C@@H](CC(=O)N2CCC(N3Cc4ccccc4NC3=O)CC2)C(=O)N2CCC(N3CCCC3)CC2)cc1C(F)(F)F. The van der Waals surface area contributed by atoms with Crippen LogP contribution in [0.4, 0.5) is 29.3 Å². The summed E-state index contributed by atoms with van der Waals surface area (Å²) in [7, 11) is 0. The van der Waals surface area contributed by atoms with Crippen LogP contribution in [-0.4, -0.2) is 88.8 Å². The molecule has 4 amide bonds. The first-order chi connectivity index (χ1) is 22.5. The van der Waals surface area contributed by atoms with Crippen molar-refractivity contribution in [3.05, 3.63) is 58.1 Å². The van der Waals surface area contributed by atoms with Crippen LogP contribution in [0.25, 0.3) is 0 Å². The number of carbonyl (C=O) groups is 3. The fraction of sp³-hybridized carbons (Fsp3) is 0.559. The van der Waals surface area contributed by atoms with Crippen LogP contribution in [0, 0.1) is 5.92 Å². The Kier molecular flexibility index (Phi) is 9.89. The van der Waals surface area contributed by atoms with Crippen molar-refractivity contribution in [3.63, 3.8) is 0 Å². The van der Waals surface area contributed by atoms with Gasteiger partial charge in [-0.25, -0.2) is 4.79 Å². The van der Waals surface area contributed by atoms with E-state index in [-0.39, 0.29) is 47.3 Å². The molecule has 4 aliphatic rings. The lowest BCUT2D eigenvalue weighted by molar-refractivity contribution is -0.143. The highest BCUT2D eigenvalue weighted by atomic mass is 35.5. The lowest BCUT2D eigenvalue weighted by atomic mass is 9.91. The number of benzene rings is 2. The summed E-state index contributed by atoms with van der Waals surface area (Å²) < 4.78 is 41.3. The van der Waals surface area contributed by atoms with Gasteiger partial charge >= 0.3 is 12.2 Å². The van der Waals surface area contributed by atoms with Gasteiger partial charge < -0.3 is 30.7 Å². The predicted molar refractivity (Wildman–Crippen MR) is 174 cm³/mol. The van der Waals surface area contributed by atoms with Crippen molar-refractivity contribution in [1.82, 2.24) is 19.6 Å². The number of para-hydroxylation sites is 1. The number of nitrogens with one attached hydrogen (secondary N) is 1. The number of nitrogens with zero attached hydrogens (tertiary/aromatic N) is 4. The quantitative estimate of drug-likeness (QED) is 0.372. The number of urea groups is 1. The minimum atomic E-state index is -4.71. The highest BCUT2D eigenvalue weighted by molar-refractivity contribution is 6.33. The summed E-state index contributed by atoms with van der Waals surface area (Å²) in [4.78, 5) is 48.3. The fourth-order valence-corrected chi connectivity index (χ4v) is 7.90. The molecule has 0 radical (unpaired) electrons. The molecule has 47 heavy (non-hydrogen) atoms. The number of fused-ring (bicyclic) bond motifs is 1. The molecule has 3 N–H and O–H groups in total. The van der Waals surface area contributed by atoms with E-state index < -0.39 is 23.3 Å². The Labute approximate surface area is 278 Å². The molecule has 3 saturated heterocycles. The average molecular weight is 675 g/mol. The normalized spacial score (nSPS) is 20.7.